The summed E-state index contributed by atoms with van der Waals surface area (Å²) >= 11 is 1.81. The molecule has 0 saturated carbocycles. The number of aromatic nitrogens is 1. The SMILES string of the molecule is [2H]c1c([2H])c(-n2c3ccc(-c4ccccc4)cc3c3cc4ccc5cccc6ccc(c4c56)c32)c([2H])c2c1B1c3sc4cc(C(C)(C)C)ccc4c3N(c3c(-c4ccccc4)cc(C(C)(C)C)cc3-c3ccccc3)c3cc(C(C)(C)C)cc(c31)N2c1c(-c2ccccc2)cc(C(C)(C)C)cc1-c1ccccc1. The molecule has 2 aliphatic rings. The summed E-state index contributed by atoms with van der Waals surface area (Å²) in [4.78, 5) is 5.10. The van der Waals surface area contributed by atoms with Crippen molar-refractivity contribution in [1.29, 1.82) is 0 Å². The van der Waals surface area contributed by atoms with E-state index >= 15 is 0 Å². The third-order valence-electron chi connectivity index (χ3n) is 22.6. The zero-order valence-electron chi connectivity index (χ0n) is 64.8. The number of hydrogen-bond acceptors (Lipinski definition) is 3. The molecule has 2 aliphatic heterocycles. The van der Waals surface area contributed by atoms with Crippen molar-refractivity contribution in [3.05, 3.63) is 313 Å². The van der Waals surface area contributed by atoms with E-state index in [-0.39, 0.29) is 34.4 Å². The van der Waals surface area contributed by atoms with Crippen LogP contribution in [0.3, 0.4) is 0 Å². The maximum Gasteiger partial charge on any atom is 0.264 e. The fourth-order valence-corrected chi connectivity index (χ4v) is 18.4. The minimum absolute atomic E-state index is 0.00288. The van der Waals surface area contributed by atoms with Gasteiger partial charge in [-0.2, -0.15) is 0 Å². The van der Waals surface area contributed by atoms with Crippen LogP contribution in [0.15, 0.2) is 291 Å². The summed E-state index contributed by atoms with van der Waals surface area (Å²) in [6.07, 6.45) is 0. The summed E-state index contributed by atoms with van der Waals surface area (Å²) in [6, 6.07) is 101. The maximum atomic E-state index is 12.1. The Bertz CT molecular complexity index is 6410. The number of benzene rings is 15. The number of thiophene rings is 1. The van der Waals surface area contributed by atoms with Crippen LogP contribution in [-0.4, -0.2) is 11.3 Å². The highest BCUT2D eigenvalue weighted by molar-refractivity contribution is 7.33. The summed E-state index contributed by atoms with van der Waals surface area (Å²) in [7, 11) is 0. The Morgan fingerprint density at radius 1 is 0.333 bits per heavy atom. The zero-order valence-corrected chi connectivity index (χ0v) is 62.6. The number of rotatable bonds is 8. The van der Waals surface area contributed by atoms with Gasteiger partial charge in [0.2, 0.25) is 0 Å². The molecule has 19 rings (SSSR count). The number of fused-ring (bicyclic) bond motifs is 10. The molecule has 0 bridgehead atoms. The van der Waals surface area contributed by atoms with Gasteiger partial charge < -0.3 is 14.4 Å². The van der Waals surface area contributed by atoms with Crippen molar-refractivity contribution in [3.8, 4) is 61.3 Å². The first kappa shape index (κ1) is 61.3. The van der Waals surface area contributed by atoms with Crippen molar-refractivity contribution in [2.75, 3.05) is 9.80 Å². The standard InChI is InChI=1S/C100H84BN3S/c1-97(2,3)70-45-48-75-88(59-70)105-96-95(75)104(94-79(64-35-24-16-25-36-64)55-72(99(7,8)9)56-80(94)65-37-26-17-27-38-65)87-58-73(100(10,11)12)57-86-91(87)101(96)83-49-46-74(60-85(83)103(86)93-77(62-31-20-14-21-32-62)53-71(98(4,5)6)54-78(93)63-33-22-15-23-34-63)102-84-50-44-68(61-29-18-13-19-30-61)51-81(84)82-52-69-42-41-66-39-28-40-67-43-47-76(92(82)102)90(69)89(66)67/h13-60H,1-12H3/i46D,49D,60D. The van der Waals surface area contributed by atoms with Gasteiger partial charge in [-0.05, 0) is 188 Å². The Labute approximate surface area is 626 Å². The highest BCUT2D eigenvalue weighted by Crippen LogP contribution is 2.58. The maximum absolute atomic E-state index is 12.1. The van der Waals surface area contributed by atoms with E-state index in [9.17, 15) is 4.11 Å². The first-order valence-corrected chi connectivity index (χ1v) is 38.0. The zero-order chi connectivity index (χ0) is 74.4. The van der Waals surface area contributed by atoms with Crippen molar-refractivity contribution in [1.82, 2.24) is 4.57 Å². The van der Waals surface area contributed by atoms with Crippen LogP contribution in [0.1, 0.15) is 109 Å². The quantitative estimate of drug-likeness (QED) is 0.111. The van der Waals surface area contributed by atoms with Gasteiger partial charge in [-0.3, -0.25) is 0 Å². The molecule has 15 aromatic carbocycles. The smallest absolute Gasteiger partial charge is 0.264 e. The fraction of sp³-hybridized carbons (Fsp3) is 0.160. The second-order valence-electron chi connectivity index (χ2n) is 33.4. The van der Waals surface area contributed by atoms with Crippen LogP contribution >= 0.6 is 11.3 Å². The van der Waals surface area contributed by atoms with Gasteiger partial charge in [0.05, 0.1) is 32.2 Å². The molecule has 3 nitrogen and oxygen atoms in total. The van der Waals surface area contributed by atoms with Crippen molar-refractivity contribution in [2.45, 2.75) is 105 Å². The minimum atomic E-state index is -0.639. The lowest BCUT2D eigenvalue weighted by Crippen LogP contribution is -2.60. The summed E-state index contributed by atoms with van der Waals surface area (Å²) in [5.74, 6) is 0. The molecule has 105 heavy (non-hydrogen) atoms. The first-order chi connectivity index (χ1) is 51.9. The second kappa shape index (κ2) is 23.6. The number of nitrogens with zero attached hydrogens (tertiary/aromatic N) is 3. The van der Waals surface area contributed by atoms with Crippen LogP contribution in [-0.2, 0) is 21.7 Å². The first-order valence-electron chi connectivity index (χ1n) is 38.7. The molecule has 0 fully saturated rings. The van der Waals surface area contributed by atoms with Crippen LogP contribution < -0.4 is 25.5 Å². The molecule has 4 heterocycles. The van der Waals surface area contributed by atoms with E-state index in [0.717, 1.165) is 159 Å². The molecule has 2 aromatic heterocycles. The van der Waals surface area contributed by atoms with Crippen LogP contribution in [0, 0.1) is 0 Å². The molecular formula is C100H84BN3S. The third kappa shape index (κ3) is 10.3. The fourth-order valence-electron chi connectivity index (χ4n) is 17.0. The Kier molecular flexibility index (Phi) is 13.8. The molecule has 0 spiro atoms. The molecular weight excluding hydrogens is 1290 g/mol. The Hall–Kier alpha value is -11.2. The predicted octanol–water partition coefficient (Wildman–Crippen LogP) is 26.5. The summed E-state index contributed by atoms with van der Waals surface area (Å²) in [5, 5.41) is 9.93. The van der Waals surface area contributed by atoms with Gasteiger partial charge >= 0.3 is 0 Å². The van der Waals surface area contributed by atoms with E-state index < -0.39 is 12.1 Å². The molecule has 0 unspecified atom stereocenters. The van der Waals surface area contributed by atoms with E-state index in [2.05, 4.69) is 370 Å². The minimum Gasteiger partial charge on any atom is -0.310 e. The Balaban J connectivity index is 1.04. The van der Waals surface area contributed by atoms with Gasteiger partial charge in [0.1, 0.15) is 0 Å². The molecule has 0 radical (unpaired) electrons. The number of hydrogen-bond donors (Lipinski definition) is 0. The highest BCUT2D eigenvalue weighted by Gasteiger charge is 2.48. The normalized spacial score (nSPS) is 13.7. The van der Waals surface area contributed by atoms with Gasteiger partial charge in [-0.1, -0.05) is 301 Å². The van der Waals surface area contributed by atoms with Crippen molar-refractivity contribution < 1.29 is 4.11 Å². The Morgan fingerprint density at radius 3 is 1.32 bits per heavy atom. The van der Waals surface area contributed by atoms with Crippen molar-refractivity contribution in [2.24, 2.45) is 0 Å². The van der Waals surface area contributed by atoms with Crippen LogP contribution in [0.2, 0.25) is 0 Å². The highest BCUT2D eigenvalue weighted by atomic mass is 32.1. The van der Waals surface area contributed by atoms with Crippen molar-refractivity contribution in [3.63, 3.8) is 0 Å². The van der Waals surface area contributed by atoms with E-state index in [4.69, 9.17) is 0 Å². The van der Waals surface area contributed by atoms with Crippen molar-refractivity contribution >= 4 is 132 Å². The lowest BCUT2D eigenvalue weighted by atomic mass is 9.36. The molecule has 0 N–H and O–H groups in total. The van der Waals surface area contributed by atoms with E-state index in [0.29, 0.717) is 16.8 Å². The lowest BCUT2D eigenvalue weighted by Gasteiger charge is -2.46. The van der Waals surface area contributed by atoms with Gasteiger partial charge in [-0.15, -0.1) is 11.3 Å². The molecule has 0 atom stereocenters. The van der Waals surface area contributed by atoms with E-state index in [1.54, 1.807) is 0 Å². The van der Waals surface area contributed by atoms with Crippen LogP contribution in [0.25, 0.3) is 126 Å². The van der Waals surface area contributed by atoms with Gasteiger partial charge in [-0.25, -0.2) is 0 Å². The lowest BCUT2D eigenvalue weighted by molar-refractivity contribution is 0.590. The van der Waals surface area contributed by atoms with Crippen LogP contribution in [0.4, 0.5) is 34.1 Å². The molecule has 0 amide bonds. The van der Waals surface area contributed by atoms with E-state index in [1.807, 2.05) is 11.3 Å². The number of anilines is 6. The molecule has 0 aliphatic carbocycles. The predicted molar refractivity (Wildman–Crippen MR) is 456 cm³/mol. The summed E-state index contributed by atoms with van der Waals surface area (Å²) in [5.41, 5.74) is 23.5. The van der Waals surface area contributed by atoms with Gasteiger partial charge in [0, 0.05) is 76.0 Å². The molecule has 0 saturated heterocycles. The molecule has 5 heteroatoms. The Morgan fingerprint density at radius 2 is 0.800 bits per heavy atom. The van der Waals surface area contributed by atoms with Crippen LogP contribution in [0.5, 0.6) is 0 Å². The third-order valence-corrected chi connectivity index (χ3v) is 23.8. The molecule has 17 aromatic rings. The van der Waals surface area contributed by atoms with Gasteiger partial charge in [0.15, 0.2) is 0 Å². The largest absolute Gasteiger partial charge is 0.310 e. The monoisotopic (exact) mass is 1370 g/mol. The summed E-state index contributed by atoms with van der Waals surface area (Å²) in [6.45, 7) is 27.2. The second-order valence-corrected chi connectivity index (χ2v) is 34.5. The van der Waals surface area contributed by atoms with E-state index in [1.165, 1.54) is 22.1 Å². The topological polar surface area (TPSA) is 11.4 Å². The summed E-state index contributed by atoms with van der Waals surface area (Å²) < 4.78 is 39.6. The average molecular weight is 1370 g/mol. The molecule has 508 valence electrons. The van der Waals surface area contributed by atoms with Gasteiger partial charge in [0.25, 0.3) is 6.71 Å². The average Bonchev–Trinajstić information content (AvgIpc) is 1.25.